The summed E-state index contributed by atoms with van der Waals surface area (Å²) in [7, 11) is 1.58. The van der Waals surface area contributed by atoms with E-state index in [0.29, 0.717) is 19.7 Å². The summed E-state index contributed by atoms with van der Waals surface area (Å²) >= 11 is 7.57. The fourth-order valence-electron chi connectivity index (χ4n) is 2.06. The Hall–Kier alpha value is -1.43. The van der Waals surface area contributed by atoms with E-state index in [1.54, 1.807) is 29.4 Å². The Morgan fingerprint density at radius 3 is 2.86 bits per heavy atom. The summed E-state index contributed by atoms with van der Waals surface area (Å²) in [6.07, 6.45) is -0.0562. The van der Waals surface area contributed by atoms with Crippen molar-refractivity contribution in [1.82, 2.24) is 4.90 Å². The van der Waals surface area contributed by atoms with E-state index in [1.165, 1.54) is 12.1 Å². The minimum absolute atomic E-state index is 0.0562. The van der Waals surface area contributed by atoms with Gasteiger partial charge in [-0.2, -0.15) is 11.3 Å². The Balaban J connectivity index is 2.11. The average Bonchev–Trinajstić information content (AvgIpc) is 3.00. The van der Waals surface area contributed by atoms with E-state index in [9.17, 15) is 9.18 Å². The molecule has 6 heteroatoms. The summed E-state index contributed by atoms with van der Waals surface area (Å²) in [4.78, 5) is 14.2. The predicted octanol–water partition coefficient (Wildman–Crippen LogP) is 3.76. The number of thiophene rings is 1. The third-order valence-electron chi connectivity index (χ3n) is 3.26. The predicted molar refractivity (Wildman–Crippen MR) is 86.7 cm³/mol. The molecule has 2 aromatic rings. The number of nitrogens with zero attached hydrogens (tertiary/aromatic N) is 1. The molecule has 0 saturated heterocycles. The molecule has 0 aliphatic heterocycles. The molecule has 0 aliphatic carbocycles. The fraction of sp³-hybridized carbons (Fsp3) is 0.312. The summed E-state index contributed by atoms with van der Waals surface area (Å²) in [6, 6.07) is 6.39. The van der Waals surface area contributed by atoms with Crippen LogP contribution in [-0.2, 0) is 22.5 Å². The van der Waals surface area contributed by atoms with Crippen molar-refractivity contribution in [3.05, 3.63) is 57.0 Å². The van der Waals surface area contributed by atoms with Crippen LogP contribution in [0.5, 0.6) is 0 Å². The Bertz CT molecular complexity index is 598. The molecule has 3 nitrogen and oxygen atoms in total. The number of halogens is 2. The minimum atomic E-state index is -0.455. The number of amides is 1. The molecule has 1 aromatic carbocycles. The van der Waals surface area contributed by atoms with E-state index in [2.05, 4.69) is 0 Å². The van der Waals surface area contributed by atoms with Crippen LogP contribution < -0.4 is 0 Å². The van der Waals surface area contributed by atoms with Gasteiger partial charge in [-0.05, 0) is 34.5 Å². The summed E-state index contributed by atoms with van der Waals surface area (Å²) in [6.45, 7) is 1.37. The van der Waals surface area contributed by atoms with E-state index in [0.717, 1.165) is 5.56 Å². The molecule has 0 radical (unpaired) electrons. The Morgan fingerprint density at radius 2 is 2.23 bits per heavy atom. The molecule has 1 heterocycles. The van der Waals surface area contributed by atoms with Gasteiger partial charge in [0.05, 0.1) is 13.0 Å². The molecule has 0 spiro atoms. The number of carbonyl (C=O) groups excluding carboxylic acids is 1. The molecule has 0 saturated carbocycles. The van der Waals surface area contributed by atoms with Gasteiger partial charge in [-0.3, -0.25) is 4.79 Å². The second-order valence-electron chi connectivity index (χ2n) is 4.82. The van der Waals surface area contributed by atoms with Crippen LogP contribution in [-0.4, -0.2) is 31.1 Å². The molecular formula is C16H17ClFNO2S. The van der Waals surface area contributed by atoms with E-state index in [-0.39, 0.29) is 22.9 Å². The summed E-state index contributed by atoms with van der Waals surface area (Å²) in [5.74, 6) is -0.627. The maximum atomic E-state index is 13.8. The van der Waals surface area contributed by atoms with E-state index >= 15 is 0 Å². The van der Waals surface area contributed by atoms with Crippen molar-refractivity contribution in [3.63, 3.8) is 0 Å². The van der Waals surface area contributed by atoms with Crippen molar-refractivity contribution in [3.8, 4) is 0 Å². The molecule has 1 aromatic heterocycles. The normalized spacial score (nSPS) is 10.7. The molecule has 0 fully saturated rings. The van der Waals surface area contributed by atoms with Crippen molar-refractivity contribution in [1.29, 1.82) is 0 Å². The zero-order valence-electron chi connectivity index (χ0n) is 12.2. The van der Waals surface area contributed by atoms with Crippen LogP contribution >= 0.6 is 22.9 Å². The number of rotatable bonds is 7. The highest BCUT2D eigenvalue weighted by Gasteiger charge is 2.18. The van der Waals surface area contributed by atoms with Crippen molar-refractivity contribution < 1.29 is 13.9 Å². The number of hydrogen-bond acceptors (Lipinski definition) is 3. The lowest BCUT2D eigenvalue weighted by atomic mass is 10.1. The summed E-state index contributed by atoms with van der Waals surface area (Å²) in [5.41, 5.74) is 1.29. The second-order valence-corrected chi connectivity index (χ2v) is 6.00. The zero-order chi connectivity index (χ0) is 15.9. The maximum absolute atomic E-state index is 13.8. The monoisotopic (exact) mass is 341 g/mol. The molecular weight excluding hydrogens is 325 g/mol. The molecule has 1 amide bonds. The highest BCUT2D eigenvalue weighted by Crippen LogP contribution is 2.20. The van der Waals surface area contributed by atoms with Crippen molar-refractivity contribution >= 4 is 28.8 Å². The average molecular weight is 342 g/mol. The first-order valence-electron chi connectivity index (χ1n) is 6.82. The van der Waals surface area contributed by atoms with Gasteiger partial charge in [0, 0.05) is 30.8 Å². The lowest BCUT2D eigenvalue weighted by molar-refractivity contribution is -0.131. The van der Waals surface area contributed by atoms with Crippen LogP contribution in [0.4, 0.5) is 4.39 Å². The Labute approximate surface area is 138 Å². The summed E-state index contributed by atoms with van der Waals surface area (Å²) < 4.78 is 18.9. The van der Waals surface area contributed by atoms with Gasteiger partial charge >= 0.3 is 0 Å². The molecule has 118 valence electrons. The van der Waals surface area contributed by atoms with Gasteiger partial charge in [-0.25, -0.2) is 4.39 Å². The van der Waals surface area contributed by atoms with Crippen LogP contribution in [0.3, 0.4) is 0 Å². The lowest BCUT2D eigenvalue weighted by Gasteiger charge is -2.22. The van der Waals surface area contributed by atoms with E-state index in [4.69, 9.17) is 16.3 Å². The van der Waals surface area contributed by atoms with Crippen LogP contribution in [0, 0.1) is 5.82 Å². The van der Waals surface area contributed by atoms with Crippen LogP contribution in [0.25, 0.3) is 0 Å². The highest BCUT2D eigenvalue weighted by molar-refractivity contribution is 7.07. The first-order chi connectivity index (χ1) is 10.6. The Kier molecular flexibility index (Phi) is 6.36. The maximum Gasteiger partial charge on any atom is 0.227 e. The summed E-state index contributed by atoms with van der Waals surface area (Å²) in [5, 5.41) is 4.22. The van der Waals surface area contributed by atoms with Crippen molar-refractivity contribution in [2.24, 2.45) is 0 Å². The molecule has 0 atom stereocenters. The minimum Gasteiger partial charge on any atom is -0.383 e. The highest BCUT2D eigenvalue weighted by atomic mass is 35.5. The van der Waals surface area contributed by atoms with E-state index in [1.807, 2.05) is 16.8 Å². The van der Waals surface area contributed by atoms with Crippen molar-refractivity contribution in [2.45, 2.75) is 13.0 Å². The van der Waals surface area contributed by atoms with Crippen LogP contribution in [0.2, 0.25) is 5.02 Å². The first kappa shape index (κ1) is 16.9. The molecule has 0 bridgehead atoms. The smallest absolute Gasteiger partial charge is 0.227 e. The number of carbonyl (C=O) groups is 1. The van der Waals surface area contributed by atoms with Gasteiger partial charge in [-0.1, -0.05) is 17.7 Å². The Morgan fingerprint density at radius 1 is 1.41 bits per heavy atom. The zero-order valence-corrected chi connectivity index (χ0v) is 13.8. The largest absolute Gasteiger partial charge is 0.383 e. The second kappa shape index (κ2) is 8.27. The quantitative estimate of drug-likeness (QED) is 0.767. The number of methoxy groups -OCH3 is 1. The standard InChI is InChI=1S/C16H17ClFNO2S/c1-21-7-6-19(10-12-5-8-22-11-12)16(20)9-13-14(17)3-2-4-15(13)18/h2-5,8,11H,6-7,9-10H2,1H3. The number of ether oxygens (including phenoxy) is 1. The molecule has 0 aliphatic rings. The van der Waals surface area contributed by atoms with Crippen molar-refractivity contribution in [2.75, 3.05) is 20.3 Å². The third-order valence-corrected chi connectivity index (χ3v) is 4.35. The third kappa shape index (κ3) is 4.53. The van der Waals surface area contributed by atoms with Gasteiger partial charge < -0.3 is 9.64 Å². The molecule has 0 unspecified atom stereocenters. The fourth-order valence-corrected chi connectivity index (χ4v) is 2.95. The van der Waals surface area contributed by atoms with Crippen LogP contribution in [0.1, 0.15) is 11.1 Å². The lowest BCUT2D eigenvalue weighted by Crippen LogP contribution is -2.34. The van der Waals surface area contributed by atoms with Gasteiger partial charge in [0.2, 0.25) is 5.91 Å². The first-order valence-corrected chi connectivity index (χ1v) is 8.14. The molecule has 22 heavy (non-hydrogen) atoms. The van der Waals surface area contributed by atoms with Gasteiger partial charge in [0.15, 0.2) is 0 Å². The van der Waals surface area contributed by atoms with Crippen LogP contribution in [0.15, 0.2) is 35.0 Å². The van der Waals surface area contributed by atoms with Gasteiger partial charge in [0.1, 0.15) is 5.82 Å². The topological polar surface area (TPSA) is 29.5 Å². The molecule has 0 N–H and O–H groups in total. The number of benzene rings is 1. The SMILES string of the molecule is COCCN(Cc1ccsc1)C(=O)Cc1c(F)cccc1Cl. The molecule has 2 rings (SSSR count). The van der Waals surface area contributed by atoms with Gasteiger partial charge in [-0.15, -0.1) is 0 Å². The number of hydrogen-bond donors (Lipinski definition) is 0. The van der Waals surface area contributed by atoms with Gasteiger partial charge in [0.25, 0.3) is 0 Å². The van der Waals surface area contributed by atoms with E-state index < -0.39 is 5.82 Å².